The first kappa shape index (κ1) is 11.6. The molecule has 88 valence electrons. The van der Waals surface area contributed by atoms with Crippen molar-refractivity contribution >= 4 is 5.69 Å². The second kappa shape index (κ2) is 4.17. The standard InChI is InChI=1S/C14H13F2N/c1-8-3-5-10(12(17)7-8)11-6-4-9(2)13(15)14(11)16/h3-7H,17H2,1-2H3. The van der Waals surface area contributed by atoms with E-state index in [1.807, 2.05) is 13.0 Å². The number of nitrogens with two attached hydrogens (primary N) is 1. The molecule has 0 bridgehead atoms. The van der Waals surface area contributed by atoms with E-state index < -0.39 is 11.6 Å². The topological polar surface area (TPSA) is 26.0 Å². The molecule has 3 heteroatoms. The molecule has 0 fully saturated rings. The molecule has 2 rings (SSSR count). The third-order valence-corrected chi connectivity index (χ3v) is 2.77. The number of nitrogen functional groups attached to an aromatic ring is 1. The van der Waals surface area contributed by atoms with Gasteiger partial charge in [0.15, 0.2) is 11.6 Å². The number of hydrogen-bond acceptors (Lipinski definition) is 1. The van der Waals surface area contributed by atoms with Crippen molar-refractivity contribution in [2.75, 3.05) is 5.73 Å². The summed E-state index contributed by atoms with van der Waals surface area (Å²) in [6.45, 7) is 3.42. The Morgan fingerprint density at radius 1 is 0.882 bits per heavy atom. The van der Waals surface area contributed by atoms with Crippen LogP contribution in [0.5, 0.6) is 0 Å². The van der Waals surface area contributed by atoms with Gasteiger partial charge in [-0.15, -0.1) is 0 Å². The number of aryl methyl sites for hydroxylation is 2. The van der Waals surface area contributed by atoms with E-state index in [-0.39, 0.29) is 11.1 Å². The van der Waals surface area contributed by atoms with E-state index in [4.69, 9.17) is 5.73 Å². The SMILES string of the molecule is Cc1ccc(-c2ccc(C)c(F)c2F)c(N)c1. The molecule has 2 N–H and O–H groups in total. The first-order valence-corrected chi connectivity index (χ1v) is 5.32. The number of benzene rings is 2. The molecule has 17 heavy (non-hydrogen) atoms. The maximum absolute atomic E-state index is 13.8. The normalized spacial score (nSPS) is 10.6. The molecule has 0 unspecified atom stereocenters. The first-order valence-electron chi connectivity index (χ1n) is 5.32. The Morgan fingerprint density at radius 2 is 1.53 bits per heavy atom. The molecule has 0 amide bonds. The van der Waals surface area contributed by atoms with Gasteiger partial charge in [-0.3, -0.25) is 0 Å². The zero-order chi connectivity index (χ0) is 12.6. The van der Waals surface area contributed by atoms with Gasteiger partial charge in [-0.2, -0.15) is 0 Å². The quantitative estimate of drug-likeness (QED) is 0.744. The van der Waals surface area contributed by atoms with Gasteiger partial charge in [-0.1, -0.05) is 24.3 Å². The summed E-state index contributed by atoms with van der Waals surface area (Å²) in [7, 11) is 0. The summed E-state index contributed by atoms with van der Waals surface area (Å²) >= 11 is 0. The summed E-state index contributed by atoms with van der Waals surface area (Å²) < 4.78 is 27.3. The highest BCUT2D eigenvalue weighted by atomic mass is 19.2. The van der Waals surface area contributed by atoms with E-state index in [2.05, 4.69) is 0 Å². The van der Waals surface area contributed by atoms with Crippen molar-refractivity contribution in [3.8, 4) is 11.1 Å². The fourth-order valence-electron chi connectivity index (χ4n) is 1.78. The fourth-order valence-corrected chi connectivity index (χ4v) is 1.78. The van der Waals surface area contributed by atoms with Crippen LogP contribution >= 0.6 is 0 Å². The minimum atomic E-state index is -0.847. The molecule has 0 aliphatic heterocycles. The molecule has 0 radical (unpaired) electrons. The van der Waals surface area contributed by atoms with Crippen molar-refractivity contribution < 1.29 is 8.78 Å². The van der Waals surface area contributed by atoms with Crippen molar-refractivity contribution in [2.45, 2.75) is 13.8 Å². The van der Waals surface area contributed by atoms with Crippen molar-refractivity contribution in [3.63, 3.8) is 0 Å². The lowest BCUT2D eigenvalue weighted by atomic mass is 10.00. The predicted molar refractivity (Wildman–Crippen MR) is 65.7 cm³/mol. The van der Waals surface area contributed by atoms with E-state index in [0.717, 1.165) is 5.56 Å². The number of hydrogen-bond donors (Lipinski definition) is 1. The minimum Gasteiger partial charge on any atom is -0.398 e. The number of rotatable bonds is 1. The van der Waals surface area contributed by atoms with Crippen molar-refractivity contribution in [2.24, 2.45) is 0 Å². The van der Waals surface area contributed by atoms with Crippen LogP contribution in [0.25, 0.3) is 11.1 Å². The molecular weight excluding hydrogens is 220 g/mol. The van der Waals surface area contributed by atoms with Crippen molar-refractivity contribution in [1.82, 2.24) is 0 Å². The van der Waals surface area contributed by atoms with Crippen LogP contribution in [0, 0.1) is 25.5 Å². The van der Waals surface area contributed by atoms with Crippen LogP contribution in [-0.2, 0) is 0 Å². The van der Waals surface area contributed by atoms with Crippen LogP contribution < -0.4 is 5.73 Å². The summed E-state index contributed by atoms with van der Waals surface area (Å²) in [5.41, 5.74) is 8.27. The van der Waals surface area contributed by atoms with Crippen LogP contribution in [0.15, 0.2) is 30.3 Å². The van der Waals surface area contributed by atoms with Gasteiger partial charge >= 0.3 is 0 Å². The fraction of sp³-hybridized carbons (Fsp3) is 0.143. The molecule has 0 saturated heterocycles. The summed E-state index contributed by atoms with van der Waals surface area (Å²) in [5, 5.41) is 0. The molecule has 0 spiro atoms. The Morgan fingerprint density at radius 3 is 2.18 bits per heavy atom. The maximum Gasteiger partial charge on any atom is 0.166 e. The van der Waals surface area contributed by atoms with E-state index in [1.54, 1.807) is 24.3 Å². The molecule has 2 aromatic rings. The summed E-state index contributed by atoms with van der Waals surface area (Å²) in [6.07, 6.45) is 0. The van der Waals surface area contributed by atoms with E-state index in [1.165, 1.54) is 6.92 Å². The Bertz CT molecular complexity index is 577. The van der Waals surface area contributed by atoms with Gasteiger partial charge in [0.1, 0.15) is 0 Å². The van der Waals surface area contributed by atoms with E-state index >= 15 is 0 Å². The van der Waals surface area contributed by atoms with E-state index in [0.29, 0.717) is 11.3 Å². The molecule has 0 atom stereocenters. The second-order valence-electron chi connectivity index (χ2n) is 4.15. The van der Waals surface area contributed by atoms with Gasteiger partial charge in [0.25, 0.3) is 0 Å². The van der Waals surface area contributed by atoms with E-state index in [9.17, 15) is 8.78 Å². The smallest absolute Gasteiger partial charge is 0.166 e. The van der Waals surface area contributed by atoms with Gasteiger partial charge < -0.3 is 5.73 Å². The average molecular weight is 233 g/mol. The summed E-state index contributed by atoms with van der Waals surface area (Å²) in [5.74, 6) is -1.66. The van der Waals surface area contributed by atoms with Gasteiger partial charge in [0.2, 0.25) is 0 Å². The Hall–Kier alpha value is -1.90. The van der Waals surface area contributed by atoms with Crippen LogP contribution in [0.4, 0.5) is 14.5 Å². The van der Waals surface area contributed by atoms with Gasteiger partial charge in [-0.25, -0.2) is 8.78 Å². The van der Waals surface area contributed by atoms with Gasteiger partial charge in [0, 0.05) is 16.8 Å². The molecule has 1 nitrogen and oxygen atoms in total. The zero-order valence-corrected chi connectivity index (χ0v) is 9.72. The average Bonchev–Trinajstić information content (AvgIpc) is 2.28. The van der Waals surface area contributed by atoms with Crippen LogP contribution in [0.1, 0.15) is 11.1 Å². The highest BCUT2D eigenvalue weighted by Crippen LogP contribution is 2.30. The summed E-state index contributed by atoms with van der Waals surface area (Å²) in [4.78, 5) is 0. The lowest BCUT2D eigenvalue weighted by Crippen LogP contribution is -1.96. The molecular formula is C14H13F2N. The molecule has 0 heterocycles. The molecule has 0 aromatic heterocycles. The van der Waals surface area contributed by atoms with Crippen LogP contribution in [0.3, 0.4) is 0 Å². The Kier molecular flexibility index (Phi) is 2.84. The lowest BCUT2D eigenvalue weighted by Gasteiger charge is -2.09. The van der Waals surface area contributed by atoms with Crippen molar-refractivity contribution in [3.05, 3.63) is 53.1 Å². The third kappa shape index (κ3) is 2.00. The first-order chi connectivity index (χ1) is 8.00. The molecule has 0 aliphatic rings. The zero-order valence-electron chi connectivity index (χ0n) is 9.72. The highest BCUT2D eigenvalue weighted by molar-refractivity contribution is 5.77. The third-order valence-electron chi connectivity index (χ3n) is 2.77. The van der Waals surface area contributed by atoms with Gasteiger partial charge in [0.05, 0.1) is 0 Å². The van der Waals surface area contributed by atoms with Crippen molar-refractivity contribution in [1.29, 1.82) is 0 Å². The monoisotopic (exact) mass is 233 g/mol. The lowest BCUT2D eigenvalue weighted by molar-refractivity contribution is 0.505. The number of halogens is 2. The maximum atomic E-state index is 13.8. The number of anilines is 1. The molecule has 2 aromatic carbocycles. The Labute approximate surface area is 98.9 Å². The molecule has 0 saturated carbocycles. The van der Waals surface area contributed by atoms with Gasteiger partial charge in [-0.05, 0) is 31.0 Å². The highest BCUT2D eigenvalue weighted by Gasteiger charge is 2.14. The predicted octanol–water partition coefficient (Wildman–Crippen LogP) is 3.83. The minimum absolute atomic E-state index is 0.200. The second-order valence-corrected chi connectivity index (χ2v) is 4.15. The largest absolute Gasteiger partial charge is 0.398 e. The molecule has 0 aliphatic carbocycles. The van der Waals surface area contributed by atoms with Crippen LogP contribution in [0.2, 0.25) is 0 Å². The summed E-state index contributed by atoms with van der Waals surface area (Å²) in [6, 6.07) is 8.37. The Balaban J connectivity index is 2.65. The van der Waals surface area contributed by atoms with Crippen LogP contribution in [-0.4, -0.2) is 0 Å².